The molecule has 1 aliphatic rings. The minimum Gasteiger partial charge on any atom is -0.315 e. The minimum atomic E-state index is -0.633. The number of fused-ring (bicyclic) bond motifs is 1. The Balaban J connectivity index is 1.80. The van der Waals surface area contributed by atoms with Crippen LogP contribution in [0.3, 0.4) is 0 Å². The van der Waals surface area contributed by atoms with E-state index in [2.05, 4.69) is 11.4 Å². The van der Waals surface area contributed by atoms with Crippen LogP contribution in [0.4, 0.5) is 10.7 Å². The normalized spacial score (nSPS) is 12.5. The summed E-state index contributed by atoms with van der Waals surface area (Å²) in [5, 5.41) is 23.2. The molecule has 0 spiro atoms. The zero-order valence-electron chi connectivity index (χ0n) is 12.4. The topological polar surface area (TPSA) is 118 Å². The maximum Gasteiger partial charge on any atom is 0.285 e. The number of hydrogen-bond donors (Lipinski definition) is 1. The molecule has 0 aliphatic heterocycles. The highest BCUT2D eigenvalue weighted by molar-refractivity contribution is 7.16. The molecule has 3 rings (SSSR count). The lowest BCUT2D eigenvalue weighted by Gasteiger charge is -2.06. The van der Waals surface area contributed by atoms with Crippen molar-refractivity contribution in [2.45, 2.75) is 25.8 Å². The van der Waals surface area contributed by atoms with Crippen molar-refractivity contribution in [3.8, 4) is 6.07 Å². The molecule has 122 valence electrons. The van der Waals surface area contributed by atoms with Crippen LogP contribution in [0.15, 0.2) is 23.1 Å². The maximum atomic E-state index is 12.2. The molecule has 0 bridgehead atoms. The van der Waals surface area contributed by atoms with Gasteiger partial charge in [-0.25, -0.2) is 0 Å². The summed E-state index contributed by atoms with van der Waals surface area (Å²) >= 11 is 1.37. The Morgan fingerprint density at radius 2 is 2.25 bits per heavy atom. The molecule has 9 heteroatoms. The third-order valence-electron chi connectivity index (χ3n) is 3.78. The molecule has 0 unspecified atom stereocenters. The summed E-state index contributed by atoms with van der Waals surface area (Å²) in [6.07, 6.45) is 3.76. The molecule has 0 fully saturated rings. The molecular formula is C15H12N4O4S. The molecule has 0 radical (unpaired) electrons. The zero-order chi connectivity index (χ0) is 17.3. The molecule has 24 heavy (non-hydrogen) atoms. The van der Waals surface area contributed by atoms with Crippen molar-refractivity contribution in [1.29, 1.82) is 5.26 Å². The van der Waals surface area contributed by atoms with Gasteiger partial charge in [0.25, 0.3) is 11.2 Å². The number of pyridine rings is 1. The summed E-state index contributed by atoms with van der Waals surface area (Å²) in [5.41, 5.74) is 0.692. The fraction of sp³-hybridized carbons (Fsp3) is 0.267. The van der Waals surface area contributed by atoms with Gasteiger partial charge < -0.3 is 5.32 Å². The molecular weight excluding hydrogens is 332 g/mol. The summed E-state index contributed by atoms with van der Waals surface area (Å²) in [5.74, 6) is -0.506. The number of nitro groups is 1. The second-order valence-electron chi connectivity index (χ2n) is 5.33. The number of hydrogen-bond acceptors (Lipinski definition) is 6. The highest BCUT2D eigenvalue weighted by atomic mass is 32.1. The van der Waals surface area contributed by atoms with Gasteiger partial charge in [-0.15, -0.1) is 11.3 Å². The van der Waals surface area contributed by atoms with E-state index in [9.17, 15) is 25.0 Å². The van der Waals surface area contributed by atoms with E-state index in [4.69, 9.17) is 0 Å². The number of thiophene rings is 1. The Kier molecular flexibility index (Phi) is 4.14. The molecule has 2 heterocycles. The Bertz CT molecular complexity index is 938. The monoisotopic (exact) mass is 344 g/mol. The van der Waals surface area contributed by atoms with E-state index in [1.165, 1.54) is 11.3 Å². The zero-order valence-corrected chi connectivity index (χ0v) is 13.3. The van der Waals surface area contributed by atoms with E-state index in [0.29, 0.717) is 10.6 Å². The van der Waals surface area contributed by atoms with Crippen LogP contribution >= 0.6 is 11.3 Å². The third-order valence-corrected chi connectivity index (χ3v) is 4.99. The fourth-order valence-corrected chi connectivity index (χ4v) is 3.94. The quantitative estimate of drug-likeness (QED) is 0.670. The number of nitriles is 1. The number of rotatable bonds is 4. The van der Waals surface area contributed by atoms with Crippen LogP contribution in [0.25, 0.3) is 0 Å². The first-order valence-corrected chi connectivity index (χ1v) is 8.00. The summed E-state index contributed by atoms with van der Waals surface area (Å²) in [7, 11) is 0. The molecule has 0 atom stereocenters. The number of anilines is 1. The molecule has 2 aromatic rings. The van der Waals surface area contributed by atoms with Gasteiger partial charge in [-0.3, -0.25) is 24.3 Å². The standard InChI is InChI=1S/C15H12N4O4S/c16-6-11-10-2-1-3-12(10)24-15(11)17-13(20)8-18-7-9(19(22)23)4-5-14(18)21/h4-5,7H,1-3,8H2,(H,17,20). The summed E-state index contributed by atoms with van der Waals surface area (Å²) in [6, 6.07) is 4.26. The average molecular weight is 344 g/mol. The van der Waals surface area contributed by atoms with Crippen LogP contribution in [0.5, 0.6) is 0 Å². The maximum absolute atomic E-state index is 12.2. The van der Waals surface area contributed by atoms with Gasteiger partial charge in [0.15, 0.2) is 0 Å². The van der Waals surface area contributed by atoms with Crippen LogP contribution in [-0.2, 0) is 24.2 Å². The molecule has 1 aliphatic carbocycles. The fourth-order valence-electron chi connectivity index (χ4n) is 2.68. The summed E-state index contributed by atoms with van der Waals surface area (Å²) < 4.78 is 0.973. The SMILES string of the molecule is N#Cc1c(NC(=O)Cn2cc([N+](=O)[O-])ccc2=O)sc2c1CCC2. The predicted octanol–water partition coefficient (Wildman–Crippen LogP) is 1.82. The third kappa shape index (κ3) is 2.91. The smallest absolute Gasteiger partial charge is 0.285 e. The number of amides is 1. The van der Waals surface area contributed by atoms with Crippen LogP contribution in [-0.4, -0.2) is 15.4 Å². The molecule has 0 saturated carbocycles. The average Bonchev–Trinajstić information content (AvgIpc) is 3.09. The van der Waals surface area contributed by atoms with Gasteiger partial charge in [-0.05, 0) is 24.8 Å². The first kappa shape index (κ1) is 15.9. The van der Waals surface area contributed by atoms with Crippen molar-refractivity contribution in [3.05, 3.63) is 54.8 Å². The molecule has 1 N–H and O–H groups in total. The Morgan fingerprint density at radius 3 is 2.96 bits per heavy atom. The number of nitrogens with one attached hydrogen (secondary N) is 1. The molecule has 0 aromatic carbocycles. The second-order valence-corrected chi connectivity index (χ2v) is 6.44. The van der Waals surface area contributed by atoms with Crippen LogP contribution in [0.2, 0.25) is 0 Å². The van der Waals surface area contributed by atoms with E-state index in [1.54, 1.807) is 0 Å². The van der Waals surface area contributed by atoms with E-state index in [1.807, 2.05) is 0 Å². The molecule has 0 saturated heterocycles. The summed E-state index contributed by atoms with van der Waals surface area (Å²) in [6.45, 7) is -0.353. The molecule has 1 amide bonds. The van der Waals surface area contributed by atoms with Crippen molar-refractivity contribution in [3.63, 3.8) is 0 Å². The van der Waals surface area contributed by atoms with Crippen molar-refractivity contribution in [2.24, 2.45) is 0 Å². The van der Waals surface area contributed by atoms with E-state index < -0.39 is 16.4 Å². The van der Waals surface area contributed by atoms with Crippen LogP contribution < -0.4 is 10.9 Å². The van der Waals surface area contributed by atoms with Crippen molar-refractivity contribution in [2.75, 3.05) is 5.32 Å². The predicted molar refractivity (Wildman–Crippen MR) is 87.0 cm³/mol. The highest BCUT2D eigenvalue weighted by Gasteiger charge is 2.23. The Labute approximate surface area is 140 Å². The van der Waals surface area contributed by atoms with Gasteiger partial charge in [-0.2, -0.15) is 5.26 Å². The van der Waals surface area contributed by atoms with Gasteiger partial charge in [0.2, 0.25) is 5.91 Å². The molecule has 2 aromatic heterocycles. The number of aryl methyl sites for hydroxylation is 1. The van der Waals surface area contributed by atoms with Gasteiger partial charge in [0, 0.05) is 17.0 Å². The lowest BCUT2D eigenvalue weighted by Crippen LogP contribution is -2.26. The van der Waals surface area contributed by atoms with Gasteiger partial charge >= 0.3 is 0 Å². The number of carbonyl (C=O) groups excluding carboxylic acids is 1. The number of aromatic nitrogens is 1. The Morgan fingerprint density at radius 1 is 1.46 bits per heavy atom. The summed E-state index contributed by atoms with van der Waals surface area (Å²) in [4.78, 5) is 35.1. The number of nitrogens with zero attached hydrogens (tertiary/aromatic N) is 3. The molecule has 8 nitrogen and oxygen atoms in total. The second kappa shape index (κ2) is 6.25. The van der Waals surface area contributed by atoms with Crippen molar-refractivity contribution >= 4 is 27.9 Å². The minimum absolute atomic E-state index is 0.268. The van der Waals surface area contributed by atoms with Gasteiger partial charge in [-0.1, -0.05) is 0 Å². The van der Waals surface area contributed by atoms with Crippen LogP contribution in [0, 0.1) is 21.4 Å². The highest BCUT2D eigenvalue weighted by Crippen LogP contribution is 2.38. The van der Waals surface area contributed by atoms with E-state index in [-0.39, 0.29) is 12.2 Å². The van der Waals surface area contributed by atoms with E-state index >= 15 is 0 Å². The van der Waals surface area contributed by atoms with Crippen molar-refractivity contribution < 1.29 is 9.72 Å². The van der Waals surface area contributed by atoms with Gasteiger partial charge in [0.1, 0.15) is 17.6 Å². The van der Waals surface area contributed by atoms with Crippen LogP contribution in [0.1, 0.15) is 22.4 Å². The largest absolute Gasteiger partial charge is 0.315 e. The first-order chi connectivity index (χ1) is 11.5. The Hall–Kier alpha value is -2.99. The lowest BCUT2D eigenvalue weighted by molar-refractivity contribution is -0.385. The van der Waals surface area contributed by atoms with E-state index in [0.717, 1.165) is 52.6 Å². The van der Waals surface area contributed by atoms with Crippen molar-refractivity contribution in [1.82, 2.24) is 4.57 Å². The first-order valence-electron chi connectivity index (χ1n) is 7.19. The van der Waals surface area contributed by atoms with Gasteiger partial charge in [0.05, 0.1) is 16.7 Å². The lowest BCUT2D eigenvalue weighted by atomic mass is 10.1. The number of carbonyl (C=O) groups is 1.